The molecule has 2 aromatic rings. The summed E-state index contributed by atoms with van der Waals surface area (Å²) in [4.78, 5) is 21.1. The van der Waals surface area contributed by atoms with Gasteiger partial charge in [0.2, 0.25) is 0 Å². The van der Waals surface area contributed by atoms with Crippen LogP contribution in [0.1, 0.15) is 35.3 Å². The van der Waals surface area contributed by atoms with Gasteiger partial charge in [-0.1, -0.05) is 12.1 Å². The molecule has 4 nitrogen and oxygen atoms in total. The van der Waals surface area contributed by atoms with E-state index in [1.54, 1.807) is 5.51 Å². The minimum atomic E-state index is -0.183. The second kappa shape index (κ2) is 6.84. The number of halogens is 1. The van der Waals surface area contributed by atoms with Crippen LogP contribution in [-0.2, 0) is 6.54 Å². The predicted molar refractivity (Wildman–Crippen MR) is 96.0 cm³/mol. The smallest absolute Gasteiger partial charge is 0.273 e. The van der Waals surface area contributed by atoms with Crippen LogP contribution in [0.2, 0.25) is 0 Å². The lowest BCUT2D eigenvalue weighted by Crippen LogP contribution is -2.42. The predicted octanol–water partition coefficient (Wildman–Crippen LogP) is 3.41. The number of benzene rings is 1. The lowest BCUT2D eigenvalue weighted by molar-refractivity contribution is 0.0709. The first-order valence-corrected chi connectivity index (χ1v) is 9.72. The molecule has 0 saturated carbocycles. The fraction of sp³-hybridized carbons (Fsp3) is 0.474. The molecule has 6 heteroatoms. The van der Waals surface area contributed by atoms with E-state index in [1.165, 1.54) is 23.5 Å². The summed E-state index contributed by atoms with van der Waals surface area (Å²) in [5.41, 5.74) is 3.72. The number of carbonyl (C=O) groups excluding carboxylic acids is 1. The lowest BCUT2D eigenvalue weighted by Gasteiger charge is -2.39. The van der Waals surface area contributed by atoms with Crippen molar-refractivity contribution in [3.8, 4) is 0 Å². The van der Waals surface area contributed by atoms with Crippen molar-refractivity contribution in [1.82, 2.24) is 14.8 Å². The van der Waals surface area contributed by atoms with Crippen molar-refractivity contribution >= 4 is 17.2 Å². The molecule has 132 valence electrons. The van der Waals surface area contributed by atoms with Crippen LogP contribution in [0.4, 0.5) is 4.39 Å². The van der Waals surface area contributed by atoms with Gasteiger partial charge in [-0.25, -0.2) is 9.37 Å². The summed E-state index contributed by atoms with van der Waals surface area (Å²) in [5.74, 6) is -0.107. The molecule has 0 unspecified atom stereocenters. The molecule has 2 aliphatic rings. The van der Waals surface area contributed by atoms with Crippen LogP contribution < -0.4 is 0 Å². The van der Waals surface area contributed by atoms with Gasteiger partial charge in [-0.05, 0) is 55.5 Å². The number of hydrogen-bond donors (Lipinski definition) is 0. The third-order valence-electron chi connectivity index (χ3n) is 5.61. The highest BCUT2D eigenvalue weighted by molar-refractivity contribution is 7.07. The molecule has 25 heavy (non-hydrogen) atoms. The Labute approximate surface area is 151 Å². The van der Waals surface area contributed by atoms with Crippen molar-refractivity contribution in [2.75, 3.05) is 26.2 Å². The first-order chi connectivity index (χ1) is 12.1. The van der Waals surface area contributed by atoms with Crippen molar-refractivity contribution in [2.45, 2.75) is 25.8 Å². The number of carbonyl (C=O) groups is 1. The zero-order valence-corrected chi connectivity index (χ0v) is 15.0. The average molecular weight is 359 g/mol. The summed E-state index contributed by atoms with van der Waals surface area (Å²) < 4.78 is 13.0. The van der Waals surface area contributed by atoms with Gasteiger partial charge in [0, 0.05) is 25.0 Å². The minimum absolute atomic E-state index is 0.0758. The zero-order valence-electron chi connectivity index (χ0n) is 14.2. The Morgan fingerprint density at radius 2 is 1.88 bits per heavy atom. The Morgan fingerprint density at radius 1 is 1.16 bits per heavy atom. The zero-order chi connectivity index (χ0) is 17.3. The quantitative estimate of drug-likeness (QED) is 0.843. The number of piperidine rings is 1. The number of rotatable bonds is 3. The van der Waals surface area contributed by atoms with Gasteiger partial charge in [0.1, 0.15) is 11.5 Å². The van der Waals surface area contributed by atoms with E-state index < -0.39 is 0 Å². The normalized spacial score (nSPS) is 20.3. The van der Waals surface area contributed by atoms with Crippen LogP contribution in [0.15, 0.2) is 35.2 Å². The second-order valence-electron chi connectivity index (χ2n) is 7.25. The number of hydrogen-bond acceptors (Lipinski definition) is 4. The molecule has 0 N–H and O–H groups in total. The molecule has 1 amide bonds. The Bertz CT molecular complexity index is 724. The van der Waals surface area contributed by atoms with Gasteiger partial charge in [-0.15, -0.1) is 11.3 Å². The third-order valence-corrected chi connectivity index (χ3v) is 6.20. The summed E-state index contributed by atoms with van der Waals surface area (Å²) in [6, 6.07) is 6.78. The maximum absolute atomic E-state index is 13.0. The summed E-state index contributed by atoms with van der Waals surface area (Å²) >= 11 is 1.47. The molecule has 3 heterocycles. The van der Waals surface area contributed by atoms with Crippen molar-refractivity contribution in [3.63, 3.8) is 0 Å². The molecular formula is C19H22FN3OS. The molecule has 2 aliphatic heterocycles. The molecule has 2 saturated heterocycles. The van der Waals surface area contributed by atoms with Gasteiger partial charge >= 0.3 is 0 Å². The van der Waals surface area contributed by atoms with E-state index in [0.29, 0.717) is 5.69 Å². The molecule has 2 fully saturated rings. The van der Waals surface area contributed by atoms with Crippen molar-refractivity contribution in [2.24, 2.45) is 5.41 Å². The Balaban J connectivity index is 1.32. The first kappa shape index (κ1) is 16.7. The minimum Gasteiger partial charge on any atom is -0.337 e. The van der Waals surface area contributed by atoms with Crippen molar-refractivity contribution in [3.05, 3.63) is 52.2 Å². The summed E-state index contributed by atoms with van der Waals surface area (Å²) in [7, 11) is 0. The molecule has 0 aliphatic carbocycles. The van der Waals surface area contributed by atoms with Crippen LogP contribution in [0.5, 0.6) is 0 Å². The first-order valence-electron chi connectivity index (χ1n) is 8.78. The Kier molecular flexibility index (Phi) is 4.56. The van der Waals surface area contributed by atoms with E-state index >= 15 is 0 Å². The molecule has 0 radical (unpaired) electrons. The van der Waals surface area contributed by atoms with E-state index in [4.69, 9.17) is 0 Å². The van der Waals surface area contributed by atoms with Crippen LogP contribution >= 0.6 is 11.3 Å². The molecule has 0 atom stereocenters. The molecule has 4 rings (SSSR count). The molecule has 1 spiro atoms. The van der Waals surface area contributed by atoms with Gasteiger partial charge in [-0.2, -0.15) is 0 Å². The van der Waals surface area contributed by atoms with Gasteiger partial charge in [0.25, 0.3) is 5.91 Å². The maximum atomic E-state index is 13.0. The average Bonchev–Trinajstić information content (AvgIpc) is 3.29. The highest BCUT2D eigenvalue weighted by Gasteiger charge is 2.42. The lowest BCUT2D eigenvalue weighted by atomic mass is 9.77. The second-order valence-corrected chi connectivity index (χ2v) is 7.97. The largest absolute Gasteiger partial charge is 0.337 e. The van der Waals surface area contributed by atoms with Crippen LogP contribution in [-0.4, -0.2) is 46.9 Å². The number of thiazole rings is 1. The third kappa shape index (κ3) is 3.60. The van der Waals surface area contributed by atoms with E-state index in [-0.39, 0.29) is 17.1 Å². The van der Waals surface area contributed by atoms with Gasteiger partial charge in [0.15, 0.2) is 0 Å². The van der Waals surface area contributed by atoms with Crippen molar-refractivity contribution in [1.29, 1.82) is 0 Å². The molecular weight excluding hydrogens is 337 g/mol. The molecule has 1 aromatic carbocycles. The molecule has 0 bridgehead atoms. The van der Waals surface area contributed by atoms with Gasteiger partial charge in [0.05, 0.1) is 5.51 Å². The van der Waals surface area contributed by atoms with E-state index in [1.807, 2.05) is 22.4 Å². The van der Waals surface area contributed by atoms with Crippen LogP contribution in [0, 0.1) is 11.2 Å². The van der Waals surface area contributed by atoms with Crippen molar-refractivity contribution < 1.29 is 9.18 Å². The number of amides is 1. The number of likely N-dealkylation sites (tertiary alicyclic amines) is 2. The van der Waals surface area contributed by atoms with Crippen LogP contribution in [0.25, 0.3) is 0 Å². The monoisotopic (exact) mass is 359 g/mol. The van der Waals surface area contributed by atoms with E-state index in [0.717, 1.165) is 57.5 Å². The van der Waals surface area contributed by atoms with Crippen LogP contribution in [0.3, 0.4) is 0 Å². The standard InChI is InChI=1S/C19H22FN3OS/c20-16-3-1-15(2-4-16)11-22-8-5-19(6-9-22)7-10-23(13-19)18(24)17-12-25-14-21-17/h1-4,12,14H,5-11,13H2. The Morgan fingerprint density at radius 3 is 2.56 bits per heavy atom. The highest BCUT2D eigenvalue weighted by Crippen LogP contribution is 2.41. The Hall–Kier alpha value is -1.79. The summed E-state index contributed by atoms with van der Waals surface area (Å²) in [6.07, 6.45) is 3.33. The molecule has 1 aromatic heterocycles. The fourth-order valence-electron chi connectivity index (χ4n) is 4.03. The van der Waals surface area contributed by atoms with E-state index in [2.05, 4.69) is 9.88 Å². The van der Waals surface area contributed by atoms with Gasteiger partial charge in [-0.3, -0.25) is 9.69 Å². The summed E-state index contributed by atoms with van der Waals surface area (Å²) in [5, 5.41) is 1.83. The maximum Gasteiger partial charge on any atom is 0.273 e. The van der Waals surface area contributed by atoms with Gasteiger partial charge < -0.3 is 4.90 Å². The number of aromatic nitrogens is 1. The summed E-state index contributed by atoms with van der Waals surface area (Å²) in [6.45, 7) is 4.64. The topological polar surface area (TPSA) is 36.4 Å². The van der Waals surface area contributed by atoms with E-state index in [9.17, 15) is 9.18 Å². The number of nitrogens with zero attached hydrogens (tertiary/aromatic N) is 3. The highest BCUT2D eigenvalue weighted by atomic mass is 32.1. The fourth-order valence-corrected chi connectivity index (χ4v) is 4.56. The SMILES string of the molecule is O=C(c1cscn1)N1CCC2(CCN(Cc3ccc(F)cc3)CC2)C1.